The Labute approximate surface area is 120 Å². The van der Waals surface area contributed by atoms with Crippen molar-refractivity contribution >= 4 is 29.2 Å². The van der Waals surface area contributed by atoms with Crippen LogP contribution in [0.3, 0.4) is 0 Å². The topological polar surface area (TPSA) is 55.4 Å². The molecule has 0 aliphatic heterocycles. The Morgan fingerprint density at radius 1 is 1.30 bits per heavy atom. The molecule has 0 saturated heterocycles. The molecule has 0 heterocycles. The third-order valence-corrected chi connectivity index (χ3v) is 2.32. The summed E-state index contributed by atoms with van der Waals surface area (Å²) in [6, 6.07) is 3.71. The van der Waals surface area contributed by atoms with E-state index in [2.05, 4.69) is 5.32 Å². The molecule has 0 unspecified atom stereocenters. The number of alkyl halides is 2. The maximum absolute atomic E-state index is 12.5. The molecule has 0 fully saturated rings. The minimum atomic E-state index is -3.19. The second-order valence-electron chi connectivity index (χ2n) is 4.98. The number of ketones is 1. The Bertz CT molecular complexity index is 527. The SMILES string of the molecule is CC(C)(C)OC(=O)Nc1ccc(Cl)cc1C(=O)C(F)F. The minimum absolute atomic E-state index is 0.0750. The van der Waals surface area contributed by atoms with Crippen LogP contribution in [0.1, 0.15) is 31.1 Å². The normalized spacial score (nSPS) is 11.3. The maximum atomic E-state index is 12.5. The Kier molecular flexibility index (Phi) is 5.05. The number of hydrogen-bond donors (Lipinski definition) is 1. The van der Waals surface area contributed by atoms with Gasteiger partial charge in [-0.15, -0.1) is 0 Å². The Morgan fingerprint density at radius 2 is 1.90 bits per heavy atom. The van der Waals surface area contributed by atoms with Crippen molar-refractivity contribution in [3.05, 3.63) is 28.8 Å². The lowest BCUT2D eigenvalue weighted by Gasteiger charge is -2.20. The first-order valence-electron chi connectivity index (χ1n) is 5.72. The fraction of sp³-hybridized carbons (Fsp3) is 0.385. The Balaban J connectivity index is 3.01. The number of carbonyl (C=O) groups excluding carboxylic acids is 2. The summed E-state index contributed by atoms with van der Waals surface area (Å²) in [5.41, 5.74) is -1.18. The number of Topliss-reactive ketones (excluding diaryl/α,β-unsaturated/α-hetero) is 1. The van der Waals surface area contributed by atoms with E-state index in [4.69, 9.17) is 16.3 Å². The molecule has 0 aliphatic carbocycles. The predicted octanol–water partition coefficient (Wildman–Crippen LogP) is 4.13. The van der Waals surface area contributed by atoms with E-state index in [-0.39, 0.29) is 16.3 Å². The largest absolute Gasteiger partial charge is 0.444 e. The lowest BCUT2D eigenvalue weighted by molar-refractivity contribution is 0.0635. The van der Waals surface area contributed by atoms with Crippen LogP contribution in [0.2, 0.25) is 5.02 Å². The molecule has 7 heteroatoms. The first kappa shape index (κ1) is 16.4. The number of amides is 1. The van der Waals surface area contributed by atoms with Gasteiger partial charge in [0.1, 0.15) is 5.60 Å². The quantitative estimate of drug-likeness (QED) is 0.854. The van der Waals surface area contributed by atoms with Crippen molar-refractivity contribution < 1.29 is 23.1 Å². The molecule has 1 aromatic carbocycles. The van der Waals surface area contributed by atoms with Gasteiger partial charge < -0.3 is 4.74 Å². The Morgan fingerprint density at radius 3 is 2.40 bits per heavy atom. The van der Waals surface area contributed by atoms with Crippen molar-refractivity contribution in [3.8, 4) is 0 Å². The average molecular weight is 306 g/mol. The van der Waals surface area contributed by atoms with Gasteiger partial charge in [0.25, 0.3) is 0 Å². The van der Waals surface area contributed by atoms with Gasteiger partial charge in [-0.2, -0.15) is 0 Å². The molecular weight excluding hydrogens is 292 g/mol. The number of rotatable bonds is 3. The van der Waals surface area contributed by atoms with Gasteiger partial charge in [-0.25, -0.2) is 13.6 Å². The van der Waals surface area contributed by atoms with E-state index in [0.29, 0.717) is 0 Å². The molecule has 20 heavy (non-hydrogen) atoms. The molecule has 0 spiro atoms. The van der Waals surface area contributed by atoms with Crippen molar-refractivity contribution in [1.29, 1.82) is 0 Å². The highest BCUT2D eigenvalue weighted by Gasteiger charge is 2.23. The van der Waals surface area contributed by atoms with Gasteiger partial charge in [-0.3, -0.25) is 10.1 Å². The van der Waals surface area contributed by atoms with Crippen LogP contribution in [-0.2, 0) is 4.74 Å². The van der Waals surface area contributed by atoms with E-state index >= 15 is 0 Å². The number of hydrogen-bond acceptors (Lipinski definition) is 3. The summed E-state index contributed by atoms with van der Waals surface area (Å²) in [4.78, 5) is 23.0. The van der Waals surface area contributed by atoms with Crippen molar-refractivity contribution in [2.75, 3.05) is 5.32 Å². The van der Waals surface area contributed by atoms with Crippen LogP contribution in [0.25, 0.3) is 0 Å². The molecule has 0 radical (unpaired) electrons. The number of benzene rings is 1. The number of carbonyl (C=O) groups is 2. The van der Waals surface area contributed by atoms with Gasteiger partial charge in [0.05, 0.1) is 5.69 Å². The fourth-order valence-corrected chi connectivity index (χ4v) is 1.53. The van der Waals surface area contributed by atoms with Crippen LogP contribution in [0.5, 0.6) is 0 Å². The molecule has 1 N–H and O–H groups in total. The summed E-state index contributed by atoms with van der Waals surface area (Å²) in [5, 5.41) is 2.37. The monoisotopic (exact) mass is 305 g/mol. The molecular formula is C13H14ClF2NO3. The second-order valence-corrected chi connectivity index (χ2v) is 5.42. The molecule has 1 amide bonds. The van der Waals surface area contributed by atoms with Crippen molar-refractivity contribution in [2.24, 2.45) is 0 Å². The average Bonchev–Trinajstić information content (AvgIpc) is 2.27. The third kappa shape index (κ3) is 4.77. The number of nitrogens with one attached hydrogen (secondary N) is 1. The zero-order valence-electron chi connectivity index (χ0n) is 11.2. The van der Waals surface area contributed by atoms with E-state index in [1.54, 1.807) is 20.8 Å². The van der Waals surface area contributed by atoms with E-state index < -0.39 is 23.9 Å². The standard InChI is InChI=1S/C13H14ClF2NO3/c1-13(2,3)20-12(19)17-9-5-4-7(14)6-8(9)10(18)11(15)16/h4-6,11H,1-3H3,(H,17,19). The van der Waals surface area contributed by atoms with Gasteiger partial charge in [-0.05, 0) is 39.0 Å². The smallest absolute Gasteiger partial charge is 0.412 e. The summed E-state index contributed by atoms with van der Waals surface area (Å²) >= 11 is 5.67. The van der Waals surface area contributed by atoms with E-state index in [0.717, 1.165) is 6.07 Å². The van der Waals surface area contributed by atoms with Crippen LogP contribution >= 0.6 is 11.6 Å². The molecule has 0 aromatic heterocycles. The van der Waals surface area contributed by atoms with Gasteiger partial charge in [0, 0.05) is 10.6 Å². The van der Waals surface area contributed by atoms with Gasteiger partial charge >= 0.3 is 12.5 Å². The summed E-state index contributed by atoms with van der Waals surface area (Å²) in [6.07, 6.45) is -4.03. The van der Waals surface area contributed by atoms with E-state index in [1.165, 1.54) is 12.1 Å². The minimum Gasteiger partial charge on any atom is -0.444 e. The van der Waals surface area contributed by atoms with Crippen LogP contribution in [0, 0.1) is 0 Å². The number of ether oxygens (including phenoxy) is 1. The summed E-state index contributed by atoms with van der Waals surface area (Å²) in [6.45, 7) is 4.96. The summed E-state index contributed by atoms with van der Waals surface area (Å²) in [7, 11) is 0. The molecule has 0 aliphatic rings. The van der Waals surface area contributed by atoms with Crippen LogP contribution < -0.4 is 5.32 Å². The molecule has 0 bridgehead atoms. The Hall–Kier alpha value is -1.69. The first-order valence-corrected chi connectivity index (χ1v) is 6.10. The molecule has 110 valence electrons. The van der Waals surface area contributed by atoms with Crippen molar-refractivity contribution in [3.63, 3.8) is 0 Å². The predicted molar refractivity (Wildman–Crippen MR) is 71.6 cm³/mol. The zero-order valence-corrected chi connectivity index (χ0v) is 11.9. The highest BCUT2D eigenvalue weighted by molar-refractivity contribution is 6.31. The second kappa shape index (κ2) is 6.17. The van der Waals surface area contributed by atoms with Crippen molar-refractivity contribution in [1.82, 2.24) is 0 Å². The van der Waals surface area contributed by atoms with Crippen LogP contribution in [0.4, 0.5) is 19.3 Å². The fourth-order valence-electron chi connectivity index (χ4n) is 1.36. The lowest BCUT2D eigenvalue weighted by atomic mass is 10.1. The lowest BCUT2D eigenvalue weighted by Crippen LogP contribution is -2.28. The third-order valence-electron chi connectivity index (χ3n) is 2.08. The number of anilines is 1. The molecule has 4 nitrogen and oxygen atoms in total. The van der Waals surface area contributed by atoms with Crippen LogP contribution in [0.15, 0.2) is 18.2 Å². The maximum Gasteiger partial charge on any atom is 0.412 e. The summed E-state index contributed by atoms with van der Waals surface area (Å²) < 4.78 is 30.0. The molecule has 0 atom stereocenters. The molecule has 1 aromatic rings. The van der Waals surface area contributed by atoms with Gasteiger partial charge in [0.2, 0.25) is 5.78 Å². The van der Waals surface area contributed by atoms with Gasteiger partial charge in [-0.1, -0.05) is 11.6 Å². The number of halogens is 3. The highest BCUT2D eigenvalue weighted by atomic mass is 35.5. The van der Waals surface area contributed by atoms with E-state index in [1.807, 2.05) is 0 Å². The van der Waals surface area contributed by atoms with Crippen molar-refractivity contribution in [2.45, 2.75) is 32.8 Å². The summed E-state index contributed by atoms with van der Waals surface area (Å²) in [5.74, 6) is -1.42. The first-order chi connectivity index (χ1) is 9.10. The zero-order chi connectivity index (χ0) is 15.5. The highest BCUT2D eigenvalue weighted by Crippen LogP contribution is 2.24. The molecule has 1 rings (SSSR count). The van der Waals surface area contributed by atoms with Crippen LogP contribution in [-0.4, -0.2) is 23.9 Å². The van der Waals surface area contributed by atoms with E-state index in [9.17, 15) is 18.4 Å². The van der Waals surface area contributed by atoms with Gasteiger partial charge in [0.15, 0.2) is 0 Å². The molecule has 0 saturated carbocycles.